The molecule has 0 aliphatic rings. The summed E-state index contributed by atoms with van der Waals surface area (Å²) in [5, 5.41) is 34.9. The lowest BCUT2D eigenvalue weighted by molar-refractivity contribution is -0.384. The Morgan fingerprint density at radius 2 is 1.52 bits per heavy atom. The molecule has 23 heavy (non-hydrogen) atoms. The Balaban J connectivity index is 1.92. The number of nitriles is 2. The molecular formula is C16H13N5O2. The number of nitrogens with one attached hydrogen (secondary N) is 2. The number of nitrogens with zero attached hydrogens (tertiary/aromatic N) is 3. The molecule has 7 nitrogen and oxygen atoms in total. The topological polar surface area (TPSA) is 115 Å². The van der Waals surface area contributed by atoms with Gasteiger partial charge in [-0.3, -0.25) is 10.1 Å². The minimum Gasteiger partial charge on any atom is -0.383 e. The fourth-order valence-corrected chi connectivity index (χ4v) is 2.02. The lowest BCUT2D eigenvalue weighted by Gasteiger charge is -2.11. The zero-order valence-electron chi connectivity index (χ0n) is 12.1. The van der Waals surface area contributed by atoms with E-state index in [0.717, 1.165) is 5.69 Å². The van der Waals surface area contributed by atoms with E-state index in [1.54, 1.807) is 30.3 Å². The van der Waals surface area contributed by atoms with Crippen LogP contribution >= 0.6 is 0 Å². The first kappa shape index (κ1) is 15.8. The number of non-ortho nitro benzene ring substituents is 1. The zero-order chi connectivity index (χ0) is 16.7. The van der Waals surface area contributed by atoms with Gasteiger partial charge in [0, 0.05) is 30.9 Å². The maximum absolute atomic E-state index is 10.6. The van der Waals surface area contributed by atoms with Crippen LogP contribution in [0.15, 0.2) is 42.5 Å². The normalized spacial score (nSPS) is 9.48. The molecule has 0 aliphatic carbocycles. The summed E-state index contributed by atoms with van der Waals surface area (Å²) in [5.41, 5.74) is 2.14. The van der Waals surface area contributed by atoms with Gasteiger partial charge in [0.1, 0.15) is 12.1 Å². The van der Waals surface area contributed by atoms with Crippen molar-refractivity contribution in [2.24, 2.45) is 0 Å². The third-order valence-corrected chi connectivity index (χ3v) is 3.14. The number of hydrogen-bond acceptors (Lipinski definition) is 6. The molecule has 2 N–H and O–H groups in total. The van der Waals surface area contributed by atoms with Crippen LogP contribution in [0.2, 0.25) is 0 Å². The molecule has 0 amide bonds. The van der Waals surface area contributed by atoms with Crippen LogP contribution in [-0.4, -0.2) is 18.0 Å². The van der Waals surface area contributed by atoms with Crippen LogP contribution in [-0.2, 0) is 0 Å². The van der Waals surface area contributed by atoms with Crippen molar-refractivity contribution in [1.29, 1.82) is 10.5 Å². The first-order valence-electron chi connectivity index (χ1n) is 6.81. The molecule has 0 aliphatic heterocycles. The van der Waals surface area contributed by atoms with Crippen LogP contribution in [0.1, 0.15) is 11.1 Å². The van der Waals surface area contributed by atoms with E-state index in [9.17, 15) is 10.1 Å². The summed E-state index contributed by atoms with van der Waals surface area (Å²) in [7, 11) is 0. The number of para-hydroxylation sites is 1. The number of nitro benzene ring substituents is 1. The molecule has 2 aromatic rings. The molecule has 0 spiro atoms. The SMILES string of the molecule is N#Cc1cccc(C#N)c1NCCNc1ccc([N+](=O)[O-])cc1. The van der Waals surface area contributed by atoms with Gasteiger partial charge in [-0.05, 0) is 24.3 Å². The molecule has 7 heteroatoms. The average Bonchev–Trinajstić information content (AvgIpc) is 2.58. The maximum atomic E-state index is 10.6. The van der Waals surface area contributed by atoms with Crippen molar-refractivity contribution in [2.45, 2.75) is 0 Å². The van der Waals surface area contributed by atoms with Crippen molar-refractivity contribution in [3.05, 3.63) is 63.7 Å². The molecule has 0 aromatic heterocycles. The Labute approximate surface area is 132 Å². The lowest BCUT2D eigenvalue weighted by atomic mass is 10.1. The van der Waals surface area contributed by atoms with Gasteiger partial charge < -0.3 is 10.6 Å². The summed E-state index contributed by atoms with van der Waals surface area (Å²) in [6.07, 6.45) is 0. The van der Waals surface area contributed by atoms with Crippen molar-refractivity contribution in [2.75, 3.05) is 23.7 Å². The van der Waals surface area contributed by atoms with E-state index in [4.69, 9.17) is 10.5 Å². The van der Waals surface area contributed by atoms with Crippen LogP contribution in [0.4, 0.5) is 17.1 Å². The van der Waals surface area contributed by atoms with E-state index in [2.05, 4.69) is 10.6 Å². The zero-order valence-corrected chi connectivity index (χ0v) is 12.1. The molecule has 0 fully saturated rings. The molecule has 0 atom stereocenters. The number of nitro groups is 1. The summed E-state index contributed by atoms with van der Waals surface area (Å²) in [6, 6.07) is 15.2. The van der Waals surface area contributed by atoms with E-state index in [0.29, 0.717) is 29.9 Å². The van der Waals surface area contributed by atoms with Gasteiger partial charge in [-0.2, -0.15) is 10.5 Å². The van der Waals surface area contributed by atoms with E-state index >= 15 is 0 Å². The number of hydrogen-bond donors (Lipinski definition) is 2. The van der Waals surface area contributed by atoms with Crippen molar-refractivity contribution < 1.29 is 4.92 Å². The predicted molar refractivity (Wildman–Crippen MR) is 85.9 cm³/mol. The van der Waals surface area contributed by atoms with Gasteiger partial charge in [-0.15, -0.1) is 0 Å². The first-order chi connectivity index (χ1) is 11.2. The molecule has 0 bridgehead atoms. The van der Waals surface area contributed by atoms with Crippen LogP contribution in [0, 0.1) is 32.8 Å². The summed E-state index contributed by atoms with van der Waals surface area (Å²) < 4.78 is 0. The Morgan fingerprint density at radius 1 is 0.957 bits per heavy atom. The molecular weight excluding hydrogens is 294 g/mol. The molecule has 0 heterocycles. The van der Waals surface area contributed by atoms with Crippen molar-refractivity contribution in [3.63, 3.8) is 0 Å². The minimum atomic E-state index is -0.451. The van der Waals surface area contributed by atoms with Crippen molar-refractivity contribution in [1.82, 2.24) is 0 Å². The van der Waals surface area contributed by atoms with Gasteiger partial charge in [0.2, 0.25) is 0 Å². The molecule has 2 rings (SSSR count). The highest BCUT2D eigenvalue weighted by Crippen LogP contribution is 2.19. The number of benzene rings is 2. The average molecular weight is 307 g/mol. The van der Waals surface area contributed by atoms with Crippen LogP contribution in [0.5, 0.6) is 0 Å². The second kappa shape index (κ2) is 7.43. The summed E-state index contributed by atoms with van der Waals surface area (Å²) in [6.45, 7) is 1.02. The lowest BCUT2D eigenvalue weighted by Crippen LogP contribution is -2.15. The third-order valence-electron chi connectivity index (χ3n) is 3.14. The third kappa shape index (κ3) is 3.96. The van der Waals surface area contributed by atoms with E-state index < -0.39 is 4.92 Å². The highest BCUT2D eigenvalue weighted by molar-refractivity contribution is 5.66. The summed E-state index contributed by atoms with van der Waals surface area (Å²) in [5.74, 6) is 0. The van der Waals surface area contributed by atoms with Crippen LogP contribution < -0.4 is 10.6 Å². The van der Waals surface area contributed by atoms with Gasteiger partial charge in [0.25, 0.3) is 5.69 Å². The Morgan fingerprint density at radius 3 is 2.04 bits per heavy atom. The molecule has 0 saturated carbocycles. The van der Waals surface area contributed by atoms with Crippen molar-refractivity contribution >= 4 is 17.1 Å². The Hall–Kier alpha value is -3.58. The summed E-state index contributed by atoms with van der Waals surface area (Å²) >= 11 is 0. The molecule has 114 valence electrons. The molecule has 0 radical (unpaired) electrons. The van der Waals surface area contributed by atoms with Gasteiger partial charge in [0.05, 0.1) is 21.7 Å². The molecule has 0 unspecified atom stereocenters. The van der Waals surface area contributed by atoms with Crippen LogP contribution in [0.25, 0.3) is 0 Å². The van der Waals surface area contributed by atoms with Crippen molar-refractivity contribution in [3.8, 4) is 12.1 Å². The number of anilines is 2. The second-order valence-corrected chi connectivity index (χ2v) is 4.61. The standard InChI is InChI=1S/C16H13N5O2/c17-10-12-2-1-3-13(11-18)16(12)20-9-8-19-14-4-6-15(7-5-14)21(22)23/h1-7,19-20H,8-9H2. The minimum absolute atomic E-state index is 0.0373. The monoisotopic (exact) mass is 307 g/mol. The predicted octanol–water partition coefficient (Wildman–Crippen LogP) is 2.86. The second-order valence-electron chi connectivity index (χ2n) is 4.61. The van der Waals surface area contributed by atoms with Gasteiger partial charge in [-0.25, -0.2) is 0 Å². The molecule has 2 aromatic carbocycles. The van der Waals surface area contributed by atoms with E-state index in [-0.39, 0.29) is 5.69 Å². The molecule has 0 saturated heterocycles. The largest absolute Gasteiger partial charge is 0.383 e. The quantitative estimate of drug-likeness (QED) is 0.481. The Bertz CT molecular complexity index is 755. The maximum Gasteiger partial charge on any atom is 0.269 e. The first-order valence-corrected chi connectivity index (χ1v) is 6.81. The van der Waals surface area contributed by atoms with Gasteiger partial charge in [-0.1, -0.05) is 6.07 Å². The number of rotatable bonds is 6. The fraction of sp³-hybridized carbons (Fsp3) is 0.125. The summed E-state index contributed by atoms with van der Waals surface area (Å²) in [4.78, 5) is 10.1. The fourth-order valence-electron chi connectivity index (χ4n) is 2.02. The highest BCUT2D eigenvalue weighted by Gasteiger charge is 2.07. The van der Waals surface area contributed by atoms with E-state index in [1.165, 1.54) is 12.1 Å². The smallest absolute Gasteiger partial charge is 0.269 e. The van der Waals surface area contributed by atoms with E-state index in [1.807, 2.05) is 12.1 Å². The van der Waals surface area contributed by atoms with Gasteiger partial charge in [0.15, 0.2) is 0 Å². The van der Waals surface area contributed by atoms with Crippen LogP contribution in [0.3, 0.4) is 0 Å². The Kier molecular flexibility index (Phi) is 5.11. The van der Waals surface area contributed by atoms with Gasteiger partial charge >= 0.3 is 0 Å². The highest BCUT2D eigenvalue weighted by atomic mass is 16.6.